The van der Waals surface area contributed by atoms with Gasteiger partial charge in [-0.3, -0.25) is 9.78 Å². The summed E-state index contributed by atoms with van der Waals surface area (Å²) in [7, 11) is 2.13. The molecule has 6 nitrogen and oxygen atoms in total. The molecule has 0 bridgehead atoms. The normalized spacial score (nSPS) is 22.6. The van der Waals surface area contributed by atoms with Crippen molar-refractivity contribution in [2.45, 2.75) is 52.5 Å². The van der Waals surface area contributed by atoms with E-state index in [1.807, 2.05) is 20.0 Å². The summed E-state index contributed by atoms with van der Waals surface area (Å²) in [6.07, 6.45) is 5.78. The summed E-state index contributed by atoms with van der Waals surface area (Å²) in [6, 6.07) is 4.23. The Labute approximate surface area is 166 Å². The van der Waals surface area contributed by atoms with E-state index in [-0.39, 0.29) is 11.5 Å². The second kappa shape index (κ2) is 7.32. The Hall–Kier alpha value is -2.21. The zero-order chi connectivity index (χ0) is 19.9. The van der Waals surface area contributed by atoms with Crippen molar-refractivity contribution < 1.29 is 9.32 Å². The average molecular weight is 383 g/mol. The van der Waals surface area contributed by atoms with E-state index in [0.29, 0.717) is 5.91 Å². The van der Waals surface area contributed by atoms with Crippen LogP contribution in [0.4, 0.5) is 0 Å². The van der Waals surface area contributed by atoms with Crippen molar-refractivity contribution in [2.75, 3.05) is 26.7 Å². The molecule has 0 aromatic carbocycles. The van der Waals surface area contributed by atoms with Gasteiger partial charge in [-0.2, -0.15) is 0 Å². The van der Waals surface area contributed by atoms with Crippen molar-refractivity contribution in [2.24, 2.45) is 5.41 Å². The molecule has 150 valence electrons. The molecular formula is C22H30N4O2. The molecule has 0 aliphatic carbocycles. The lowest BCUT2D eigenvalue weighted by Crippen LogP contribution is -2.47. The Kier molecular flexibility index (Phi) is 5.00. The molecule has 4 rings (SSSR count). The number of amides is 1. The number of rotatable bonds is 3. The van der Waals surface area contributed by atoms with E-state index >= 15 is 0 Å². The molecular weight excluding hydrogens is 352 g/mol. The van der Waals surface area contributed by atoms with Gasteiger partial charge in [-0.1, -0.05) is 18.1 Å². The van der Waals surface area contributed by atoms with Crippen LogP contribution in [0.5, 0.6) is 0 Å². The highest BCUT2D eigenvalue weighted by molar-refractivity contribution is 5.83. The molecule has 2 saturated heterocycles. The Morgan fingerprint density at radius 3 is 2.57 bits per heavy atom. The van der Waals surface area contributed by atoms with Crippen LogP contribution in [0, 0.1) is 19.3 Å². The molecule has 2 aliphatic rings. The molecule has 0 spiro atoms. The fourth-order valence-corrected chi connectivity index (χ4v) is 4.64. The average Bonchev–Trinajstić information content (AvgIpc) is 3.30. The smallest absolute Gasteiger partial charge is 0.229 e. The van der Waals surface area contributed by atoms with Crippen LogP contribution in [-0.4, -0.2) is 52.5 Å². The molecule has 2 aromatic rings. The van der Waals surface area contributed by atoms with Gasteiger partial charge >= 0.3 is 0 Å². The van der Waals surface area contributed by atoms with Gasteiger partial charge in [-0.05, 0) is 65.7 Å². The number of likely N-dealkylation sites (tertiary alicyclic amines) is 2. The lowest BCUT2D eigenvalue weighted by atomic mass is 9.79. The maximum atomic E-state index is 13.4. The molecule has 0 saturated carbocycles. The fraction of sp³-hybridized carbons (Fsp3) is 0.591. The molecule has 0 radical (unpaired) electrons. The van der Waals surface area contributed by atoms with Gasteiger partial charge in [0.2, 0.25) is 5.91 Å². The van der Waals surface area contributed by atoms with Crippen LogP contribution in [0.15, 0.2) is 22.9 Å². The van der Waals surface area contributed by atoms with Crippen molar-refractivity contribution in [3.63, 3.8) is 0 Å². The van der Waals surface area contributed by atoms with E-state index in [4.69, 9.17) is 9.51 Å². The highest BCUT2D eigenvalue weighted by Gasteiger charge is 2.42. The fourth-order valence-electron chi connectivity index (χ4n) is 4.64. The first kappa shape index (κ1) is 19.1. The highest BCUT2D eigenvalue weighted by Crippen LogP contribution is 2.39. The summed E-state index contributed by atoms with van der Waals surface area (Å²) in [4.78, 5) is 22.6. The number of nitrogens with zero attached hydrogens (tertiary/aromatic N) is 4. The lowest BCUT2D eigenvalue weighted by Gasteiger charge is -2.40. The van der Waals surface area contributed by atoms with E-state index in [9.17, 15) is 4.79 Å². The van der Waals surface area contributed by atoms with Crippen molar-refractivity contribution in [3.05, 3.63) is 35.5 Å². The van der Waals surface area contributed by atoms with Crippen LogP contribution in [0.2, 0.25) is 0 Å². The lowest BCUT2D eigenvalue weighted by molar-refractivity contribution is -0.145. The minimum Gasteiger partial charge on any atom is -0.361 e. The van der Waals surface area contributed by atoms with Crippen molar-refractivity contribution >= 4 is 5.91 Å². The quantitative estimate of drug-likeness (QED) is 0.809. The maximum Gasteiger partial charge on any atom is 0.229 e. The molecule has 1 amide bonds. The minimum atomic E-state index is -0.244. The summed E-state index contributed by atoms with van der Waals surface area (Å²) in [5.41, 5.74) is 3.64. The second-order valence-electron chi connectivity index (χ2n) is 8.69. The SMILES string of the molecule is Cc1noc(C)c1-c1ccc([C@@H]2CCCN2C(=O)C2(C)CCN(C)CC2)nc1. The second-order valence-corrected chi connectivity index (χ2v) is 8.69. The van der Waals surface area contributed by atoms with Gasteiger partial charge in [0.1, 0.15) is 5.76 Å². The van der Waals surface area contributed by atoms with E-state index in [1.165, 1.54) is 0 Å². The van der Waals surface area contributed by atoms with Gasteiger partial charge in [0.15, 0.2) is 0 Å². The molecule has 4 heterocycles. The molecule has 1 atom stereocenters. The maximum absolute atomic E-state index is 13.4. The van der Waals surface area contributed by atoms with Gasteiger partial charge in [-0.25, -0.2) is 0 Å². The predicted molar refractivity (Wildman–Crippen MR) is 108 cm³/mol. The number of piperidine rings is 1. The minimum absolute atomic E-state index is 0.0858. The van der Waals surface area contributed by atoms with Crippen LogP contribution >= 0.6 is 0 Å². The summed E-state index contributed by atoms with van der Waals surface area (Å²) in [5, 5.41) is 4.03. The number of aryl methyl sites for hydroxylation is 2. The van der Waals surface area contributed by atoms with Gasteiger partial charge in [0.25, 0.3) is 0 Å². The molecule has 28 heavy (non-hydrogen) atoms. The molecule has 2 fully saturated rings. The third-order valence-corrected chi connectivity index (χ3v) is 6.57. The Balaban J connectivity index is 1.54. The number of hydrogen-bond donors (Lipinski definition) is 0. The topological polar surface area (TPSA) is 62.5 Å². The van der Waals surface area contributed by atoms with Gasteiger partial charge < -0.3 is 14.3 Å². The number of carbonyl (C=O) groups excluding carboxylic acids is 1. The molecule has 0 N–H and O–H groups in total. The number of carbonyl (C=O) groups is 1. The zero-order valence-electron chi connectivity index (χ0n) is 17.4. The third kappa shape index (κ3) is 3.34. The summed E-state index contributed by atoms with van der Waals surface area (Å²) in [6.45, 7) is 8.83. The first-order valence-electron chi connectivity index (χ1n) is 10.3. The Morgan fingerprint density at radius 1 is 1.21 bits per heavy atom. The van der Waals surface area contributed by atoms with E-state index < -0.39 is 0 Å². The molecule has 2 aliphatic heterocycles. The van der Waals surface area contributed by atoms with E-state index in [0.717, 1.165) is 73.6 Å². The monoisotopic (exact) mass is 382 g/mol. The van der Waals surface area contributed by atoms with Crippen molar-refractivity contribution in [1.29, 1.82) is 0 Å². The van der Waals surface area contributed by atoms with Gasteiger partial charge in [0.05, 0.1) is 17.4 Å². The predicted octanol–water partition coefficient (Wildman–Crippen LogP) is 3.75. The third-order valence-electron chi connectivity index (χ3n) is 6.57. The van der Waals surface area contributed by atoms with Crippen LogP contribution in [-0.2, 0) is 4.79 Å². The summed E-state index contributed by atoms with van der Waals surface area (Å²) < 4.78 is 5.28. The first-order valence-corrected chi connectivity index (χ1v) is 10.3. The summed E-state index contributed by atoms with van der Waals surface area (Å²) >= 11 is 0. The molecule has 0 unspecified atom stereocenters. The van der Waals surface area contributed by atoms with Crippen molar-refractivity contribution in [3.8, 4) is 11.1 Å². The Morgan fingerprint density at radius 2 is 1.96 bits per heavy atom. The largest absolute Gasteiger partial charge is 0.361 e. The van der Waals surface area contributed by atoms with Crippen LogP contribution in [0.25, 0.3) is 11.1 Å². The highest BCUT2D eigenvalue weighted by atomic mass is 16.5. The Bertz CT molecular complexity index is 830. The number of hydrogen-bond acceptors (Lipinski definition) is 5. The first-order chi connectivity index (χ1) is 13.4. The van der Waals surface area contributed by atoms with Gasteiger partial charge in [-0.15, -0.1) is 0 Å². The molecule has 2 aromatic heterocycles. The summed E-state index contributed by atoms with van der Waals surface area (Å²) in [5.74, 6) is 1.11. The van der Waals surface area contributed by atoms with Crippen LogP contribution < -0.4 is 0 Å². The van der Waals surface area contributed by atoms with Crippen molar-refractivity contribution in [1.82, 2.24) is 19.9 Å². The molecule has 6 heteroatoms. The number of aromatic nitrogens is 2. The zero-order valence-corrected chi connectivity index (χ0v) is 17.4. The van der Waals surface area contributed by atoms with E-state index in [2.05, 4.69) is 41.1 Å². The van der Waals surface area contributed by atoms with Gasteiger partial charge in [0, 0.05) is 29.3 Å². The van der Waals surface area contributed by atoms with Crippen LogP contribution in [0.3, 0.4) is 0 Å². The van der Waals surface area contributed by atoms with Crippen LogP contribution in [0.1, 0.15) is 55.8 Å². The van der Waals surface area contributed by atoms with E-state index in [1.54, 1.807) is 0 Å². The standard InChI is InChI=1S/C22H30N4O2/c1-15-20(16(2)28-24-15)17-7-8-18(23-14-17)19-6-5-11-26(19)21(27)22(3)9-12-25(4)13-10-22/h7-8,14,19H,5-6,9-13H2,1-4H3/t19-/m0/s1. The number of pyridine rings is 1.